The van der Waals surface area contributed by atoms with Crippen LogP contribution in [-0.4, -0.2) is 11.5 Å². The number of aryl methyl sites for hydroxylation is 1. The van der Waals surface area contributed by atoms with Crippen LogP contribution in [-0.2, 0) is 6.61 Å². The van der Waals surface area contributed by atoms with Gasteiger partial charge in [-0.25, -0.2) is 0 Å². The van der Waals surface area contributed by atoms with E-state index in [1.807, 2.05) is 127 Å². The van der Waals surface area contributed by atoms with Crippen molar-refractivity contribution < 1.29 is 19.1 Å². The molecule has 40 heavy (non-hydrogen) atoms. The van der Waals surface area contributed by atoms with Crippen LogP contribution in [0.5, 0.6) is 23.0 Å². The van der Waals surface area contributed by atoms with Gasteiger partial charge in [0.05, 0.1) is 0 Å². The monoisotopic (exact) mass is 548 g/mol. The van der Waals surface area contributed by atoms with E-state index in [1.165, 1.54) is 5.56 Å². The molecule has 5 aromatic rings. The van der Waals surface area contributed by atoms with Gasteiger partial charge in [-0.15, -0.1) is 0 Å². The normalized spacial score (nSPS) is 11.4. The second-order valence-electron chi connectivity index (χ2n) is 9.55. The van der Waals surface area contributed by atoms with Gasteiger partial charge >= 0.3 is 212 Å². The van der Waals surface area contributed by atoms with Crippen molar-refractivity contribution in [2.45, 2.75) is 13.5 Å². The number of hydrogen-bond donors (Lipinski definition) is 1. The number of ether oxygens (including phenoxy) is 3. The third kappa shape index (κ3) is 6.26. The van der Waals surface area contributed by atoms with E-state index in [9.17, 15) is 4.89 Å². The van der Waals surface area contributed by atoms with Gasteiger partial charge in [0, 0.05) is 0 Å². The molecule has 0 spiro atoms. The predicted octanol–water partition coefficient (Wildman–Crippen LogP) is 6.86. The van der Waals surface area contributed by atoms with E-state index in [0.29, 0.717) is 24.7 Å². The first-order valence-electron chi connectivity index (χ1n) is 13.2. The maximum absolute atomic E-state index is 12.5. The molecule has 0 amide bonds. The van der Waals surface area contributed by atoms with Crippen LogP contribution in [0.1, 0.15) is 11.1 Å². The van der Waals surface area contributed by atoms with Crippen LogP contribution < -0.4 is 30.1 Å². The van der Waals surface area contributed by atoms with Crippen LogP contribution in [0, 0.1) is 6.92 Å². The van der Waals surface area contributed by atoms with Gasteiger partial charge in [0.1, 0.15) is 0 Å². The molecular formula is C35H33O4P. The zero-order valence-corrected chi connectivity index (χ0v) is 23.5. The van der Waals surface area contributed by atoms with Crippen LogP contribution in [0.3, 0.4) is 0 Å². The topological polar surface area (TPSA) is 47.9 Å². The molecule has 0 radical (unpaired) electrons. The molecule has 5 heteroatoms. The van der Waals surface area contributed by atoms with Crippen LogP contribution in [0.4, 0.5) is 0 Å². The van der Waals surface area contributed by atoms with Crippen LogP contribution in [0.2, 0.25) is 0 Å². The fourth-order valence-corrected chi connectivity index (χ4v) is 7.72. The Balaban J connectivity index is 1.42. The summed E-state index contributed by atoms with van der Waals surface area (Å²) in [7, 11) is -3.42. The summed E-state index contributed by atoms with van der Waals surface area (Å²) < 4.78 is 18.2. The first kappa shape index (κ1) is 27.2. The summed E-state index contributed by atoms with van der Waals surface area (Å²) in [6, 6.07) is 41.1. The van der Waals surface area contributed by atoms with Gasteiger partial charge < -0.3 is 0 Å². The average Bonchev–Trinajstić information content (AvgIpc) is 3.01. The standard InChI is InChI=1S/C35H33O4P/c1-3-24-37-34-23-22-31(38-26-28-16-20-30(21-17-28)39-29-18-14-27(2)15-19-29)25-35(34)40(36,32-10-6-4-7-11-32)33-12-8-5-9-13-33/h3-23,25,36,40H,1,24,26H2,2H3. The van der Waals surface area contributed by atoms with E-state index in [0.717, 1.165) is 33.0 Å². The molecular weight excluding hydrogens is 515 g/mol. The molecule has 0 atom stereocenters. The molecule has 4 nitrogen and oxygen atoms in total. The zero-order chi connectivity index (χ0) is 27.8. The number of rotatable bonds is 11. The average molecular weight is 549 g/mol. The van der Waals surface area contributed by atoms with E-state index in [1.54, 1.807) is 6.08 Å². The maximum atomic E-state index is 12.5. The van der Waals surface area contributed by atoms with E-state index in [-0.39, 0.29) is 0 Å². The van der Waals surface area contributed by atoms with Crippen molar-refractivity contribution in [2.24, 2.45) is 0 Å². The molecule has 0 aliphatic heterocycles. The van der Waals surface area contributed by atoms with Crippen molar-refractivity contribution in [1.29, 1.82) is 0 Å². The Kier molecular flexibility index (Phi) is 8.61. The quantitative estimate of drug-likeness (QED) is 0.145. The van der Waals surface area contributed by atoms with Crippen LogP contribution in [0.15, 0.2) is 140 Å². The Morgan fingerprint density at radius 3 is 1.80 bits per heavy atom. The Morgan fingerprint density at radius 1 is 0.675 bits per heavy atom. The minimum atomic E-state index is -3.42. The molecule has 0 aliphatic rings. The number of benzene rings is 5. The summed E-state index contributed by atoms with van der Waals surface area (Å²) >= 11 is 0. The van der Waals surface area contributed by atoms with Gasteiger partial charge in [0.15, 0.2) is 0 Å². The molecule has 0 fully saturated rings. The second-order valence-corrected chi connectivity index (χ2v) is 12.7. The van der Waals surface area contributed by atoms with E-state index in [2.05, 4.69) is 13.5 Å². The molecule has 0 saturated carbocycles. The van der Waals surface area contributed by atoms with Gasteiger partial charge in [0.2, 0.25) is 0 Å². The van der Waals surface area contributed by atoms with Crippen molar-refractivity contribution in [3.63, 3.8) is 0 Å². The summed E-state index contributed by atoms with van der Waals surface area (Å²) in [4.78, 5) is 12.5. The second kappa shape index (κ2) is 12.7. The molecule has 0 aromatic heterocycles. The van der Waals surface area contributed by atoms with E-state index in [4.69, 9.17) is 14.2 Å². The predicted molar refractivity (Wildman–Crippen MR) is 166 cm³/mol. The summed E-state index contributed by atoms with van der Waals surface area (Å²) in [5.41, 5.74) is 2.19. The molecule has 0 unspecified atom stereocenters. The van der Waals surface area contributed by atoms with E-state index < -0.39 is 7.49 Å². The van der Waals surface area contributed by atoms with Crippen molar-refractivity contribution in [3.05, 3.63) is 151 Å². The molecule has 5 aromatic carbocycles. The molecule has 202 valence electrons. The van der Waals surface area contributed by atoms with Gasteiger partial charge in [-0.1, -0.05) is 17.7 Å². The fraction of sp³-hybridized carbons (Fsp3) is 0.0857. The molecule has 5 rings (SSSR count). The first-order chi connectivity index (χ1) is 19.6. The van der Waals surface area contributed by atoms with Crippen molar-refractivity contribution in [3.8, 4) is 23.0 Å². The number of hydrogen-bond acceptors (Lipinski definition) is 4. The van der Waals surface area contributed by atoms with Crippen LogP contribution in [0.25, 0.3) is 0 Å². The van der Waals surface area contributed by atoms with Crippen molar-refractivity contribution in [1.82, 2.24) is 0 Å². The van der Waals surface area contributed by atoms with Crippen LogP contribution >= 0.6 is 7.49 Å². The molecule has 0 heterocycles. The zero-order valence-electron chi connectivity index (χ0n) is 22.5. The Bertz CT molecular complexity index is 1490. The van der Waals surface area contributed by atoms with Gasteiger partial charge in [-0.3, -0.25) is 0 Å². The fourth-order valence-electron chi connectivity index (χ4n) is 4.56. The van der Waals surface area contributed by atoms with E-state index >= 15 is 0 Å². The third-order valence-electron chi connectivity index (χ3n) is 6.67. The summed E-state index contributed by atoms with van der Waals surface area (Å²) in [6.45, 7) is 6.54. The minimum absolute atomic E-state index is 0.332. The summed E-state index contributed by atoms with van der Waals surface area (Å²) in [5, 5.41) is 2.46. The molecule has 1 N–H and O–H groups in total. The Labute approximate surface area is 236 Å². The first-order valence-corrected chi connectivity index (χ1v) is 15.2. The van der Waals surface area contributed by atoms with Gasteiger partial charge in [-0.2, -0.15) is 0 Å². The Hall–Kier alpha value is -4.37. The van der Waals surface area contributed by atoms with Crippen molar-refractivity contribution >= 4 is 23.4 Å². The molecule has 0 bridgehead atoms. The Morgan fingerprint density at radius 2 is 1.23 bits per heavy atom. The summed E-state index contributed by atoms with van der Waals surface area (Å²) in [5.74, 6) is 2.83. The molecule has 0 aliphatic carbocycles. The van der Waals surface area contributed by atoms with Gasteiger partial charge in [0.25, 0.3) is 0 Å². The SMILES string of the molecule is C=CCOc1ccc(OCc2ccc(Oc3ccc(C)cc3)cc2)cc1[PH](O)(c1ccccc1)c1ccccc1. The van der Waals surface area contributed by atoms with Crippen molar-refractivity contribution in [2.75, 3.05) is 6.61 Å². The summed E-state index contributed by atoms with van der Waals surface area (Å²) in [6.07, 6.45) is 1.70. The molecule has 0 saturated heterocycles. The third-order valence-corrected chi connectivity index (χ3v) is 10.2. The van der Waals surface area contributed by atoms with Gasteiger partial charge in [-0.05, 0) is 6.92 Å².